The molecule has 0 radical (unpaired) electrons. The minimum atomic E-state index is -0.833. The Morgan fingerprint density at radius 1 is 1.08 bits per heavy atom. The molecule has 0 unspecified atom stereocenters. The van der Waals surface area contributed by atoms with Gasteiger partial charge in [0.15, 0.2) is 5.82 Å². The lowest BCUT2D eigenvalue weighted by atomic mass is 9.93. The molecule has 2 atom stereocenters. The Kier molecular flexibility index (Phi) is 9.40. The first kappa shape index (κ1) is 27.9. The Hall–Kier alpha value is -4.09. The van der Waals surface area contributed by atoms with E-state index in [0.717, 1.165) is 70.0 Å². The van der Waals surface area contributed by atoms with Crippen LogP contribution in [-0.4, -0.2) is 66.2 Å². The molecule has 11 nitrogen and oxygen atoms in total. The maximum absolute atomic E-state index is 9.00. The summed E-state index contributed by atoms with van der Waals surface area (Å²) in [5.74, 6) is -0.360. The third kappa shape index (κ3) is 7.27. The summed E-state index contributed by atoms with van der Waals surface area (Å²) in [6.07, 6.45) is 7.93. The van der Waals surface area contributed by atoms with E-state index in [4.69, 9.17) is 34.6 Å². The summed E-state index contributed by atoms with van der Waals surface area (Å²) >= 11 is 0. The van der Waals surface area contributed by atoms with Gasteiger partial charge in [0.05, 0.1) is 30.5 Å². The standard InChI is InChI=1S/C24H26N6O.2C2H4O2/c1-2-5-21-20(4-1)17(6-8-26-21)12-18-15-31-16-23(18)29-11-9-27-24(29)22-13-19-14-25-7-3-10-30(19)28-22;2*1-2(3)4/h1-2,4-6,8-9,11,13,18,23,25H,3,7,10,12,14-16H2;2*1H3,(H,3,4)/t18-,23-;;/m1../s1. The van der Waals surface area contributed by atoms with Crippen LogP contribution in [0, 0.1) is 5.92 Å². The van der Waals surface area contributed by atoms with Crippen LogP contribution in [0.2, 0.25) is 0 Å². The highest BCUT2D eigenvalue weighted by atomic mass is 16.5. The topological polar surface area (TPSA) is 144 Å². The van der Waals surface area contributed by atoms with Crippen LogP contribution in [0.4, 0.5) is 0 Å². The molecule has 0 spiro atoms. The first-order chi connectivity index (χ1) is 18.8. The van der Waals surface area contributed by atoms with Gasteiger partial charge in [-0.25, -0.2) is 4.98 Å². The lowest BCUT2D eigenvalue weighted by molar-refractivity contribution is -0.135. The molecule has 2 aliphatic rings. The average molecular weight is 535 g/mol. The molecule has 5 heterocycles. The van der Waals surface area contributed by atoms with Crippen molar-refractivity contribution in [2.24, 2.45) is 5.92 Å². The zero-order valence-electron chi connectivity index (χ0n) is 22.2. The molecule has 11 heteroatoms. The van der Waals surface area contributed by atoms with Gasteiger partial charge in [0.2, 0.25) is 0 Å². The Morgan fingerprint density at radius 3 is 2.64 bits per heavy atom. The van der Waals surface area contributed by atoms with Gasteiger partial charge in [-0.05, 0) is 43.1 Å². The van der Waals surface area contributed by atoms with Crippen LogP contribution < -0.4 is 5.32 Å². The van der Waals surface area contributed by atoms with E-state index in [2.05, 4.69) is 56.1 Å². The van der Waals surface area contributed by atoms with Crippen molar-refractivity contribution >= 4 is 22.8 Å². The van der Waals surface area contributed by atoms with E-state index in [1.807, 2.05) is 18.5 Å². The molecule has 1 fully saturated rings. The second-order valence-corrected chi connectivity index (χ2v) is 9.53. The van der Waals surface area contributed by atoms with Crippen LogP contribution in [-0.2, 0) is 33.8 Å². The van der Waals surface area contributed by atoms with Crippen molar-refractivity contribution in [2.75, 3.05) is 19.8 Å². The van der Waals surface area contributed by atoms with Crippen LogP contribution in [0.1, 0.15) is 37.6 Å². The van der Waals surface area contributed by atoms with Crippen molar-refractivity contribution in [1.82, 2.24) is 29.6 Å². The van der Waals surface area contributed by atoms with Gasteiger partial charge in [-0.3, -0.25) is 19.3 Å². The molecule has 0 saturated carbocycles. The molecule has 2 aliphatic heterocycles. The van der Waals surface area contributed by atoms with Gasteiger partial charge in [0, 0.05) is 56.8 Å². The van der Waals surface area contributed by atoms with Crippen LogP contribution in [0.25, 0.3) is 22.4 Å². The van der Waals surface area contributed by atoms with Crippen molar-refractivity contribution in [1.29, 1.82) is 0 Å². The maximum Gasteiger partial charge on any atom is 0.300 e. The van der Waals surface area contributed by atoms with E-state index in [1.165, 1.54) is 16.6 Å². The number of carboxylic acid groups (broad SMARTS) is 2. The molecular formula is C28H34N6O5. The zero-order chi connectivity index (χ0) is 27.8. The number of nitrogens with zero attached hydrogens (tertiary/aromatic N) is 5. The second-order valence-electron chi connectivity index (χ2n) is 9.53. The fraction of sp³-hybridized carbons (Fsp3) is 0.393. The lowest BCUT2D eigenvalue weighted by Crippen LogP contribution is -2.20. The van der Waals surface area contributed by atoms with Crippen molar-refractivity contribution in [3.05, 3.63) is 66.2 Å². The number of carboxylic acids is 2. The molecule has 0 bridgehead atoms. The van der Waals surface area contributed by atoms with Gasteiger partial charge in [-0.15, -0.1) is 0 Å². The van der Waals surface area contributed by atoms with Crippen molar-refractivity contribution in [2.45, 2.75) is 45.8 Å². The Labute approximate surface area is 226 Å². The Bertz CT molecular complexity index is 1370. The summed E-state index contributed by atoms with van der Waals surface area (Å²) in [5.41, 5.74) is 4.55. The van der Waals surface area contributed by atoms with Gasteiger partial charge in [-0.1, -0.05) is 18.2 Å². The summed E-state index contributed by atoms with van der Waals surface area (Å²) in [7, 11) is 0. The molecule has 1 saturated heterocycles. The monoisotopic (exact) mass is 534 g/mol. The number of aliphatic carboxylic acids is 2. The normalized spacial score (nSPS) is 18.2. The van der Waals surface area contributed by atoms with Gasteiger partial charge >= 0.3 is 0 Å². The predicted molar refractivity (Wildman–Crippen MR) is 145 cm³/mol. The zero-order valence-corrected chi connectivity index (χ0v) is 22.2. The molecule has 6 rings (SSSR count). The number of para-hydroxylation sites is 1. The summed E-state index contributed by atoms with van der Waals surface area (Å²) in [6.45, 7) is 6.47. The average Bonchev–Trinajstić information content (AvgIpc) is 3.61. The Balaban J connectivity index is 0.000000392. The minimum Gasteiger partial charge on any atom is -0.481 e. The SMILES string of the molecule is CC(=O)O.CC(=O)O.c1ccc2c(C[C@@H]3COC[C@H]3n3ccnc3-c3cc4n(n3)CCCNC4)ccnc2c1. The first-order valence-corrected chi connectivity index (χ1v) is 12.9. The number of carbonyl (C=O) groups is 2. The van der Waals surface area contributed by atoms with E-state index >= 15 is 0 Å². The molecule has 39 heavy (non-hydrogen) atoms. The number of hydrogen-bond acceptors (Lipinski definition) is 7. The number of fused-ring (bicyclic) bond motifs is 2. The number of pyridine rings is 1. The number of imidazole rings is 1. The number of aromatic nitrogens is 5. The number of hydrogen-bond donors (Lipinski definition) is 3. The molecule has 206 valence electrons. The Morgan fingerprint density at radius 2 is 1.85 bits per heavy atom. The van der Waals surface area contributed by atoms with E-state index in [9.17, 15) is 0 Å². The summed E-state index contributed by atoms with van der Waals surface area (Å²) in [5, 5.41) is 24.4. The smallest absolute Gasteiger partial charge is 0.300 e. The van der Waals surface area contributed by atoms with E-state index in [1.54, 1.807) is 0 Å². The van der Waals surface area contributed by atoms with Gasteiger partial charge < -0.3 is 24.8 Å². The molecule has 0 amide bonds. The third-order valence-electron chi connectivity index (χ3n) is 6.53. The van der Waals surface area contributed by atoms with Gasteiger partial charge in [0.1, 0.15) is 5.69 Å². The largest absolute Gasteiger partial charge is 0.481 e. The number of rotatable bonds is 4. The van der Waals surface area contributed by atoms with Crippen molar-refractivity contribution in [3.63, 3.8) is 0 Å². The lowest BCUT2D eigenvalue weighted by Gasteiger charge is -2.21. The molecule has 3 N–H and O–H groups in total. The fourth-order valence-corrected chi connectivity index (χ4v) is 4.96. The molecule has 3 aromatic heterocycles. The number of aryl methyl sites for hydroxylation is 1. The number of benzene rings is 1. The number of ether oxygens (including phenoxy) is 1. The van der Waals surface area contributed by atoms with Gasteiger partial charge in [-0.2, -0.15) is 5.10 Å². The van der Waals surface area contributed by atoms with Crippen LogP contribution in [0.3, 0.4) is 0 Å². The molecule has 0 aliphatic carbocycles. The van der Waals surface area contributed by atoms with Crippen molar-refractivity contribution in [3.8, 4) is 11.5 Å². The first-order valence-electron chi connectivity index (χ1n) is 12.9. The third-order valence-corrected chi connectivity index (χ3v) is 6.53. The number of nitrogens with one attached hydrogen (secondary N) is 1. The highest BCUT2D eigenvalue weighted by Crippen LogP contribution is 2.34. The van der Waals surface area contributed by atoms with Crippen molar-refractivity contribution < 1.29 is 24.5 Å². The van der Waals surface area contributed by atoms with Crippen LogP contribution in [0.15, 0.2) is 55.0 Å². The second kappa shape index (κ2) is 13.1. The molecular weight excluding hydrogens is 500 g/mol. The summed E-state index contributed by atoms with van der Waals surface area (Å²) in [6, 6.07) is 12.9. The minimum absolute atomic E-state index is 0.240. The van der Waals surface area contributed by atoms with E-state index in [0.29, 0.717) is 12.5 Å². The predicted octanol–water partition coefficient (Wildman–Crippen LogP) is 3.40. The van der Waals surface area contributed by atoms with Gasteiger partial charge in [0.25, 0.3) is 11.9 Å². The fourth-order valence-electron chi connectivity index (χ4n) is 4.96. The summed E-state index contributed by atoms with van der Waals surface area (Å²) in [4.78, 5) is 27.2. The highest BCUT2D eigenvalue weighted by Gasteiger charge is 2.32. The molecule has 4 aromatic rings. The molecule has 1 aromatic carbocycles. The summed E-state index contributed by atoms with van der Waals surface area (Å²) < 4.78 is 10.4. The highest BCUT2D eigenvalue weighted by molar-refractivity contribution is 5.81. The quantitative estimate of drug-likeness (QED) is 0.359. The van der Waals surface area contributed by atoms with Crippen LogP contribution in [0.5, 0.6) is 0 Å². The maximum atomic E-state index is 9.00. The van der Waals surface area contributed by atoms with E-state index < -0.39 is 11.9 Å². The van der Waals surface area contributed by atoms with E-state index in [-0.39, 0.29) is 6.04 Å². The van der Waals surface area contributed by atoms with Crippen LogP contribution >= 0.6 is 0 Å².